The summed E-state index contributed by atoms with van der Waals surface area (Å²) in [6.45, 7) is 4.62. The topological polar surface area (TPSA) is 142 Å². The number of esters is 1. The smallest absolute Gasteiger partial charge is 0.312 e. The molecule has 3 fully saturated rings. The second-order valence-corrected chi connectivity index (χ2v) is 12.7. The molecule has 208 valence electrons. The largest absolute Gasteiger partial charge is 0.469 e. The van der Waals surface area contributed by atoms with E-state index in [9.17, 15) is 22.8 Å². The van der Waals surface area contributed by atoms with Crippen molar-refractivity contribution >= 4 is 43.7 Å². The zero-order valence-electron chi connectivity index (χ0n) is 21.2. The van der Waals surface area contributed by atoms with Crippen molar-refractivity contribution in [1.82, 2.24) is 4.90 Å². The number of benzene rings is 1. The number of rotatable bonds is 10. The van der Waals surface area contributed by atoms with Gasteiger partial charge in [0.2, 0.25) is 5.91 Å². The van der Waals surface area contributed by atoms with Crippen molar-refractivity contribution in [2.75, 3.05) is 26.9 Å². The molecule has 38 heavy (non-hydrogen) atoms. The number of ether oxygens (including phenoxy) is 2. The first-order valence-corrected chi connectivity index (χ1v) is 14.8. The van der Waals surface area contributed by atoms with E-state index in [0.717, 1.165) is 0 Å². The van der Waals surface area contributed by atoms with Crippen LogP contribution in [-0.4, -0.2) is 76.0 Å². The van der Waals surface area contributed by atoms with Crippen LogP contribution >= 0.6 is 15.9 Å². The number of nitrogens with two attached hydrogens (primary N) is 1. The molecule has 1 aromatic carbocycles. The van der Waals surface area contributed by atoms with Crippen LogP contribution in [0.1, 0.15) is 32.1 Å². The number of ketones is 1. The van der Waals surface area contributed by atoms with Crippen molar-refractivity contribution in [2.24, 2.45) is 23.0 Å². The molecule has 1 aromatic rings. The van der Waals surface area contributed by atoms with E-state index in [0.29, 0.717) is 36.9 Å². The summed E-state index contributed by atoms with van der Waals surface area (Å²) in [5.41, 5.74) is 5.34. The van der Waals surface area contributed by atoms with E-state index in [2.05, 4.69) is 22.5 Å². The average molecular weight is 614 g/mol. The Labute approximate surface area is 231 Å². The Balaban J connectivity index is 1.56. The number of methoxy groups -OCH3 is 1. The second-order valence-electron chi connectivity index (χ2n) is 10.2. The molecule has 0 radical (unpaired) electrons. The van der Waals surface area contributed by atoms with E-state index in [1.165, 1.54) is 24.1 Å². The van der Waals surface area contributed by atoms with Gasteiger partial charge in [-0.05, 0) is 55.4 Å². The number of amides is 1. The maximum Gasteiger partial charge on any atom is 0.312 e. The maximum absolute atomic E-state index is 13.6. The fraction of sp³-hybridized carbons (Fsp3) is 0.577. The van der Waals surface area contributed by atoms with E-state index >= 15 is 0 Å². The summed E-state index contributed by atoms with van der Waals surface area (Å²) in [6, 6.07) is 4.13. The van der Waals surface area contributed by atoms with Crippen molar-refractivity contribution < 1.29 is 36.5 Å². The molecule has 4 rings (SSSR count). The molecule has 0 aromatic heterocycles. The summed E-state index contributed by atoms with van der Waals surface area (Å²) in [6.07, 6.45) is 2.15. The first kappa shape index (κ1) is 28.9. The van der Waals surface area contributed by atoms with E-state index in [-0.39, 0.29) is 41.9 Å². The highest BCUT2D eigenvalue weighted by Gasteiger charge is 2.61. The molecule has 1 saturated carbocycles. The Hall–Kier alpha value is -2.12. The maximum atomic E-state index is 13.6. The third-order valence-electron chi connectivity index (χ3n) is 7.84. The summed E-state index contributed by atoms with van der Waals surface area (Å²) in [7, 11) is -2.89. The predicted molar refractivity (Wildman–Crippen MR) is 140 cm³/mol. The molecule has 3 aliphatic rings. The van der Waals surface area contributed by atoms with E-state index < -0.39 is 45.6 Å². The summed E-state index contributed by atoms with van der Waals surface area (Å²) >= 11 is 3.27. The van der Waals surface area contributed by atoms with E-state index in [1.807, 2.05) is 0 Å². The lowest BCUT2D eigenvalue weighted by atomic mass is 9.90. The third kappa shape index (κ3) is 5.89. The summed E-state index contributed by atoms with van der Waals surface area (Å²) in [5, 5.41) is 0. The minimum atomic E-state index is -4.16. The average Bonchev–Trinajstić information content (AvgIpc) is 3.47. The number of carbonyl (C=O) groups excluding carboxylic acids is 3. The van der Waals surface area contributed by atoms with Crippen LogP contribution in [0.25, 0.3) is 0 Å². The van der Waals surface area contributed by atoms with Gasteiger partial charge >= 0.3 is 5.97 Å². The van der Waals surface area contributed by atoms with Gasteiger partial charge in [0.05, 0.1) is 35.6 Å². The van der Waals surface area contributed by atoms with Gasteiger partial charge in [0.15, 0.2) is 5.78 Å². The molecule has 10 nitrogen and oxygen atoms in total. The lowest BCUT2D eigenvalue weighted by Gasteiger charge is -2.32. The number of halogens is 1. The Morgan fingerprint density at radius 1 is 1.26 bits per heavy atom. The summed E-state index contributed by atoms with van der Waals surface area (Å²) in [4.78, 5) is 41.0. The van der Waals surface area contributed by atoms with E-state index in [4.69, 9.17) is 19.4 Å². The van der Waals surface area contributed by atoms with Gasteiger partial charge in [-0.3, -0.25) is 18.6 Å². The van der Waals surface area contributed by atoms with Crippen LogP contribution in [0.5, 0.6) is 0 Å². The number of carbonyl (C=O) groups is 3. The van der Waals surface area contributed by atoms with Gasteiger partial charge in [-0.1, -0.05) is 22.0 Å². The van der Waals surface area contributed by atoms with Crippen LogP contribution in [0.4, 0.5) is 0 Å². The predicted octanol–water partition coefficient (Wildman–Crippen LogP) is 2.20. The summed E-state index contributed by atoms with van der Waals surface area (Å²) < 4.78 is 42.4. The molecule has 2 N–H and O–H groups in total. The molecule has 0 bridgehead atoms. The number of Topliss-reactive ketones (excluding diaryl/α,β-unsaturated/α-hetero) is 1. The molecule has 12 heteroatoms. The van der Waals surface area contributed by atoms with Crippen LogP contribution in [0.2, 0.25) is 0 Å². The van der Waals surface area contributed by atoms with E-state index in [1.54, 1.807) is 18.2 Å². The van der Waals surface area contributed by atoms with Crippen LogP contribution in [-0.2, 0) is 38.2 Å². The molecule has 2 aliphatic heterocycles. The summed E-state index contributed by atoms with van der Waals surface area (Å²) in [5.74, 6) is -1.63. The number of nitrogens with zero attached hydrogens (tertiary/aromatic N) is 1. The van der Waals surface area contributed by atoms with Gasteiger partial charge in [-0.15, -0.1) is 6.58 Å². The fourth-order valence-corrected chi connectivity index (χ4v) is 6.85. The van der Waals surface area contributed by atoms with Gasteiger partial charge < -0.3 is 20.1 Å². The number of likely N-dealkylation sites (tertiary alicyclic amines) is 1. The number of allylic oxidation sites excluding steroid dienone is 1. The monoisotopic (exact) mass is 612 g/mol. The Bertz CT molecular complexity index is 1180. The highest BCUT2D eigenvalue weighted by molar-refractivity contribution is 9.10. The zero-order chi connectivity index (χ0) is 27.7. The number of hydrogen-bond donors (Lipinski definition) is 1. The highest BCUT2D eigenvalue weighted by Crippen LogP contribution is 2.57. The Morgan fingerprint density at radius 2 is 1.92 bits per heavy atom. The van der Waals surface area contributed by atoms with Crippen molar-refractivity contribution in [3.63, 3.8) is 0 Å². The quantitative estimate of drug-likeness (QED) is 0.239. The molecular weight excluding hydrogens is 580 g/mol. The molecule has 1 amide bonds. The van der Waals surface area contributed by atoms with Crippen LogP contribution < -0.4 is 5.73 Å². The van der Waals surface area contributed by atoms with Gasteiger partial charge in [0, 0.05) is 37.1 Å². The first-order chi connectivity index (χ1) is 18.0. The lowest BCUT2D eigenvalue weighted by Crippen LogP contribution is -2.52. The minimum absolute atomic E-state index is 0.0309. The molecule has 0 spiro atoms. The second kappa shape index (κ2) is 11.5. The zero-order valence-corrected chi connectivity index (χ0v) is 23.6. The first-order valence-electron chi connectivity index (χ1n) is 12.6. The van der Waals surface area contributed by atoms with Gasteiger partial charge in [0.25, 0.3) is 10.1 Å². The van der Waals surface area contributed by atoms with Gasteiger partial charge in [-0.25, -0.2) is 0 Å². The molecule has 2 heterocycles. The van der Waals surface area contributed by atoms with Crippen molar-refractivity contribution in [1.29, 1.82) is 0 Å². The van der Waals surface area contributed by atoms with Crippen LogP contribution in [0.15, 0.2) is 46.3 Å². The molecule has 0 unspecified atom stereocenters. The van der Waals surface area contributed by atoms with Crippen LogP contribution in [0, 0.1) is 17.3 Å². The molecule has 1 aliphatic carbocycles. The van der Waals surface area contributed by atoms with Crippen molar-refractivity contribution in [3.05, 3.63) is 41.4 Å². The minimum Gasteiger partial charge on any atom is -0.469 e. The normalized spacial score (nSPS) is 28.5. The lowest BCUT2D eigenvalue weighted by molar-refractivity contribution is -0.150. The SMILES string of the molecule is C=C[C@@H]1C[C@]1(CC(=O)[C@@H]1C[C@H](OS(=O)(=O)c2ccc(Br)cc2)CN1C(=O)[C@@H](N)C1CCOCC1)C(=O)OC. The van der Waals surface area contributed by atoms with Gasteiger partial charge in [-0.2, -0.15) is 8.42 Å². The number of hydrogen-bond acceptors (Lipinski definition) is 9. The highest BCUT2D eigenvalue weighted by atomic mass is 79.9. The van der Waals surface area contributed by atoms with Crippen LogP contribution in [0.3, 0.4) is 0 Å². The molecular formula is C26H33BrN2O8S. The van der Waals surface area contributed by atoms with Gasteiger partial charge in [0.1, 0.15) is 0 Å². The third-order valence-corrected chi connectivity index (χ3v) is 9.75. The standard InChI is InChI=1S/C26H33BrN2O8S/c1-3-17-13-26(17,25(32)35-2)14-22(30)21-12-19(37-38(33,34)20-6-4-18(27)5-7-20)15-29(21)24(31)23(28)16-8-10-36-11-9-16/h3-7,16-17,19,21,23H,1,8-15,28H2,2H3/t17-,19+,21+,23+,26-/m1/s1. The molecule has 5 atom stereocenters. The molecule has 2 saturated heterocycles. The Morgan fingerprint density at radius 3 is 2.50 bits per heavy atom. The van der Waals surface area contributed by atoms with Crippen molar-refractivity contribution in [2.45, 2.75) is 55.2 Å². The van der Waals surface area contributed by atoms with Crippen molar-refractivity contribution in [3.8, 4) is 0 Å². The fourth-order valence-electron chi connectivity index (χ4n) is 5.50. The Kier molecular flexibility index (Phi) is 8.78.